The fourth-order valence-electron chi connectivity index (χ4n) is 3.59. The zero-order valence-electron chi connectivity index (χ0n) is 16.5. The fraction of sp³-hybridized carbons (Fsp3) is 0.650. The van der Waals surface area contributed by atoms with Crippen molar-refractivity contribution in [3.05, 3.63) is 34.9 Å². The van der Waals surface area contributed by atoms with E-state index in [1.54, 1.807) is 0 Å². The number of benzene rings is 1. The van der Waals surface area contributed by atoms with E-state index in [1.165, 1.54) is 5.56 Å². The van der Waals surface area contributed by atoms with Crippen LogP contribution in [0.2, 0.25) is 5.02 Å². The van der Waals surface area contributed by atoms with Gasteiger partial charge in [0.05, 0.1) is 39.0 Å². The fourth-order valence-corrected chi connectivity index (χ4v) is 3.72. The van der Waals surface area contributed by atoms with Gasteiger partial charge >= 0.3 is 0 Å². The first-order valence-electron chi connectivity index (χ1n) is 10.1. The number of ether oxygens (including phenoxy) is 2. The molecule has 28 heavy (non-hydrogen) atoms. The van der Waals surface area contributed by atoms with Crippen molar-refractivity contribution in [2.75, 3.05) is 72.2 Å². The van der Waals surface area contributed by atoms with Gasteiger partial charge in [0.2, 0.25) is 0 Å². The molecular formula is C20H32ClN5O2. The first-order valence-corrected chi connectivity index (χ1v) is 10.5. The van der Waals surface area contributed by atoms with Crippen LogP contribution >= 0.6 is 11.6 Å². The van der Waals surface area contributed by atoms with Crippen molar-refractivity contribution in [3.63, 3.8) is 0 Å². The molecule has 1 unspecified atom stereocenters. The molecule has 2 aliphatic rings. The van der Waals surface area contributed by atoms with Crippen LogP contribution in [0.1, 0.15) is 18.0 Å². The zero-order chi connectivity index (χ0) is 19.6. The van der Waals surface area contributed by atoms with Crippen LogP contribution in [0.5, 0.6) is 0 Å². The van der Waals surface area contributed by atoms with Crippen LogP contribution in [0.25, 0.3) is 0 Å². The number of rotatable bonds is 8. The lowest BCUT2D eigenvalue weighted by Gasteiger charge is -2.34. The molecular weight excluding hydrogens is 378 g/mol. The van der Waals surface area contributed by atoms with Crippen molar-refractivity contribution in [3.8, 4) is 0 Å². The molecule has 8 heteroatoms. The third kappa shape index (κ3) is 6.90. The Kier molecular flexibility index (Phi) is 8.82. The number of nitrogens with zero attached hydrogens (tertiary/aromatic N) is 3. The quantitative estimate of drug-likeness (QED) is 0.383. The Morgan fingerprint density at radius 2 is 1.71 bits per heavy atom. The third-order valence-electron chi connectivity index (χ3n) is 5.24. The van der Waals surface area contributed by atoms with Crippen molar-refractivity contribution in [1.29, 1.82) is 0 Å². The van der Waals surface area contributed by atoms with Gasteiger partial charge in [-0.05, 0) is 30.7 Å². The number of nitrogens with two attached hydrogens (primary N) is 1. The summed E-state index contributed by atoms with van der Waals surface area (Å²) in [6.45, 7) is 9.52. The number of morpholine rings is 2. The van der Waals surface area contributed by atoms with Gasteiger partial charge in [-0.15, -0.1) is 0 Å². The number of halogens is 1. The molecule has 2 saturated heterocycles. The van der Waals surface area contributed by atoms with Crippen molar-refractivity contribution < 1.29 is 9.47 Å². The van der Waals surface area contributed by atoms with E-state index in [0.29, 0.717) is 12.5 Å². The maximum atomic E-state index is 6.11. The molecule has 0 bridgehead atoms. The van der Waals surface area contributed by atoms with Gasteiger partial charge in [-0.25, -0.2) is 0 Å². The van der Waals surface area contributed by atoms with Gasteiger partial charge in [-0.2, -0.15) is 0 Å². The van der Waals surface area contributed by atoms with E-state index in [1.807, 2.05) is 12.1 Å². The summed E-state index contributed by atoms with van der Waals surface area (Å²) in [4.78, 5) is 9.45. The van der Waals surface area contributed by atoms with E-state index < -0.39 is 0 Å². The van der Waals surface area contributed by atoms with Crippen molar-refractivity contribution in [2.45, 2.75) is 12.5 Å². The minimum atomic E-state index is 0.176. The van der Waals surface area contributed by atoms with Gasteiger partial charge in [0.1, 0.15) is 0 Å². The summed E-state index contributed by atoms with van der Waals surface area (Å²) in [6, 6.07) is 8.19. The lowest BCUT2D eigenvalue weighted by molar-refractivity contribution is 0.0180. The molecule has 3 N–H and O–H groups in total. The van der Waals surface area contributed by atoms with Gasteiger partial charge in [-0.1, -0.05) is 23.7 Å². The summed E-state index contributed by atoms with van der Waals surface area (Å²) >= 11 is 6.06. The molecule has 2 aliphatic heterocycles. The van der Waals surface area contributed by atoms with Crippen LogP contribution < -0.4 is 11.1 Å². The van der Waals surface area contributed by atoms with E-state index in [9.17, 15) is 0 Å². The molecule has 0 radical (unpaired) electrons. The average molecular weight is 410 g/mol. The standard InChI is InChI=1S/C20H32ClN5O2/c21-18-4-2-17(3-5-18)19(26-10-14-28-15-11-26)16-24-20(22)23-6-1-7-25-8-12-27-13-9-25/h2-5,19H,1,6-16H2,(H3,22,23,24). The number of nitrogens with one attached hydrogen (secondary N) is 1. The van der Waals surface area contributed by atoms with Crippen LogP contribution in [0, 0.1) is 0 Å². The predicted molar refractivity (Wildman–Crippen MR) is 113 cm³/mol. The normalized spacial score (nSPS) is 20.8. The van der Waals surface area contributed by atoms with Crippen molar-refractivity contribution in [2.24, 2.45) is 10.7 Å². The second-order valence-electron chi connectivity index (χ2n) is 7.18. The van der Waals surface area contributed by atoms with Crippen molar-refractivity contribution >= 4 is 17.6 Å². The molecule has 2 heterocycles. The summed E-state index contributed by atoms with van der Waals surface area (Å²) in [5, 5.41) is 3.99. The molecule has 2 fully saturated rings. The predicted octanol–water partition coefficient (Wildman–Crippen LogP) is 1.34. The molecule has 1 aromatic rings. The Balaban J connectivity index is 1.48. The highest BCUT2D eigenvalue weighted by atomic mass is 35.5. The topological polar surface area (TPSA) is 75.3 Å². The summed E-state index contributed by atoms with van der Waals surface area (Å²) in [5.74, 6) is 0.509. The average Bonchev–Trinajstić information content (AvgIpc) is 2.74. The zero-order valence-corrected chi connectivity index (χ0v) is 17.2. The third-order valence-corrected chi connectivity index (χ3v) is 5.49. The van der Waals surface area contributed by atoms with Crippen molar-refractivity contribution in [1.82, 2.24) is 15.1 Å². The smallest absolute Gasteiger partial charge is 0.188 e. The maximum Gasteiger partial charge on any atom is 0.188 e. The SMILES string of the molecule is NC(=NCC(c1ccc(Cl)cc1)N1CCOCC1)NCCCN1CCOCC1. The van der Waals surface area contributed by atoms with Gasteiger partial charge in [0.15, 0.2) is 5.96 Å². The molecule has 0 spiro atoms. The van der Waals surface area contributed by atoms with Gasteiger partial charge in [-0.3, -0.25) is 14.8 Å². The molecule has 0 aromatic heterocycles. The van der Waals surface area contributed by atoms with Crippen LogP contribution in [-0.2, 0) is 9.47 Å². The van der Waals surface area contributed by atoms with Crippen LogP contribution in [0.4, 0.5) is 0 Å². The van der Waals surface area contributed by atoms with E-state index in [4.69, 9.17) is 26.8 Å². The Morgan fingerprint density at radius 1 is 1.07 bits per heavy atom. The summed E-state index contributed by atoms with van der Waals surface area (Å²) in [5.41, 5.74) is 7.32. The molecule has 0 amide bonds. The van der Waals surface area contributed by atoms with Gasteiger partial charge < -0.3 is 20.5 Å². The Labute approximate surface area is 172 Å². The minimum Gasteiger partial charge on any atom is -0.379 e. The Hall–Kier alpha value is -1.38. The Bertz CT molecular complexity index is 601. The van der Waals surface area contributed by atoms with Crippen LogP contribution in [-0.4, -0.2) is 88.0 Å². The molecule has 7 nitrogen and oxygen atoms in total. The second-order valence-corrected chi connectivity index (χ2v) is 7.61. The highest BCUT2D eigenvalue weighted by molar-refractivity contribution is 6.30. The largest absolute Gasteiger partial charge is 0.379 e. The van der Waals surface area contributed by atoms with E-state index >= 15 is 0 Å². The molecule has 1 aromatic carbocycles. The molecule has 0 aliphatic carbocycles. The highest BCUT2D eigenvalue weighted by Crippen LogP contribution is 2.23. The van der Waals surface area contributed by atoms with Gasteiger partial charge in [0.25, 0.3) is 0 Å². The number of aliphatic imine (C=N–C) groups is 1. The monoisotopic (exact) mass is 409 g/mol. The summed E-state index contributed by atoms with van der Waals surface area (Å²) < 4.78 is 10.9. The Morgan fingerprint density at radius 3 is 2.39 bits per heavy atom. The first kappa shape index (κ1) is 21.3. The highest BCUT2D eigenvalue weighted by Gasteiger charge is 2.22. The second kappa shape index (κ2) is 11.6. The molecule has 0 saturated carbocycles. The van der Waals surface area contributed by atoms with E-state index in [2.05, 4.69) is 32.2 Å². The molecule has 156 valence electrons. The van der Waals surface area contributed by atoms with Crippen LogP contribution in [0.15, 0.2) is 29.3 Å². The molecule has 1 atom stereocenters. The van der Waals surface area contributed by atoms with E-state index in [-0.39, 0.29) is 6.04 Å². The lowest BCUT2D eigenvalue weighted by atomic mass is 10.0. The number of guanidine groups is 1. The number of hydrogen-bond donors (Lipinski definition) is 2. The van der Waals surface area contributed by atoms with Crippen LogP contribution in [0.3, 0.4) is 0 Å². The number of hydrogen-bond acceptors (Lipinski definition) is 5. The maximum absolute atomic E-state index is 6.11. The summed E-state index contributed by atoms with van der Waals surface area (Å²) in [7, 11) is 0. The van der Waals surface area contributed by atoms with Gasteiger partial charge in [0, 0.05) is 37.7 Å². The first-order chi connectivity index (χ1) is 13.7. The summed E-state index contributed by atoms with van der Waals surface area (Å²) in [6.07, 6.45) is 1.04. The lowest BCUT2D eigenvalue weighted by Crippen LogP contribution is -2.41. The minimum absolute atomic E-state index is 0.176. The van der Waals surface area contributed by atoms with E-state index in [0.717, 1.165) is 77.1 Å². The molecule has 3 rings (SSSR count).